The highest BCUT2D eigenvalue weighted by Gasteiger charge is 2.28. The Labute approximate surface area is 140 Å². The SMILES string of the molecule is CCCC1CC(NC(=O)OC(C)(C)C)CN(CCNC(C)=O)C1. The van der Waals surface area contributed by atoms with Crippen molar-refractivity contribution in [2.24, 2.45) is 5.92 Å². The Morgan fingerprint density at radius 3 is 2.52 bits per heavy atom. The summed E-state index contributed by atoms with van der Waals surface area (Å²) < 4.78 is 5.36. The maximum Gasteiger partial charge on any atom is 0.407 e. The molecule has 23 heavy (non-hydrogen) atoms. The Morgan fingerprint density at radius 2 is 1.96 bits per heavy atom. The average molecular weight is 327 g/mol. The minimum absolute atomic E-state index is 0.00412. The van der Waals surface area contributed by atoms with Gasteiger partial charge in [0.2, 0.25) is 5.91 Å². The van der Waals surface area contributed by atoms with Gasteiger partial charge in [-0.25, -0.2) is 4.79 Å². The molecule has 134 valence electrons. The molecule has 1 rings (SSSR count). The minimum atomic E-state index is -0.479. The van der Waals surface area contributed by atoms with Gasteiger partial charge in [0.15, 0.2) is 0 Å². The van der Waals surface area contributed by atoms with Crippen molar-refractivity contribution in [3.8, 4) is 0 Å². The molecule has 0 aromatic heterocycles. The van der Waals surface area contributed by atoms with Crippen molar-refractivity contribution in [3.63, 3.8) is 0 Å². The highest BCUT2D eigenvalue weighted by atomic mass is 16.6. The van der Waals surface area contributed by atoms with Crippen LogP contribution in [0.15, 0.2) is 0 Å². The Balaban J connectivity index is 2.52. The number of ether oxygens (including phenoxy) is 1. The predicted molar refractivity (Wildman–Crippen MR) is 91.3 cm³/mol. The molecule has 2 atom stereocenters. The summed E-state index contributed by atoms with van der Waals surface area (Å²) >= 11 is 0. The van der Waals surface area contributed by atoms with Gasteiger partial charge in [0.1, 0.15) is 5.60 Å². The van der Waals surface area contributed by atoms with Crippen molar-refractivity contribution in [1.29, 1.82) is 0 Å². The van der Waals surface area contributed by atoms with Gasteiger partial charge in [0.25, 0.3) is 0 Å². The molecular weight excluding hydrogens is 294 g/mol. The first kappa shape index (κ1) is 19.7. The number of rotatable bonds is 6. The van der Waals surface area contributed by atoms with Crippen molar-refractivity contribution < 1.29 is 14.3 Å². The van der Waals surface area contributed by atoms with E-state index in [1.54, 1.807) is 0 Å². The fraction of sp³-hybridized carbons (Fsp3) is 0.882. The molecule has 0 bridgehead atoms. The molecule has 0 saturated carbocycles. The van der Waals surface area contributed by atoms with Gasteiger partial charge in [0, 0.05) is 39.1 Å². The maximum absolute atomic E-state index is 12.0. The smallest absolute Gasteiger partial charge is 0.407 e. The van der Waals surface area contributed by atoms with E-state index in [0.717, 1.165) is 38.9 Å². The number of alkyl carbamates (subject to hydrolysis) is 1. The molecule has 0 spiro atoms. The van der Waals surface area contributed by atoms with Crippen molar-refractivity contribution in [1.82, 2.24) is 15.5 Å². The number of carbonyl (C=O) groups excluding carboxylic acids is 2. The first-order valence-electron chi connectivity index (χ1n) is 8.66. The second-order valence-corrected chi connectivity index (χ2v) is 7.48. The summed E-state index contributed by atoms with van der Waals surface area (Å²) in [4.78, 5) is 25.3. The first-order valence-corrected chi connectivity index (χ1v) is 8.66. The normalized spacial score (nSPS) is 22.5. The molecule has 1 heterocycles. The van der Waals surface area contributed by atoms with Crippen LogP contribution in [0.25, 0.3) is 0 Å². The number of nitrogens with one attached hydrogen (secondary N) is 2. The summed E-state index contributed by atoms with van der Waals surface area (Å²) in [6.07, 6.45) is 2.94. The van der Waals surface area contributed by atoms with Gasteiger partial charge in [-0.2, -0.15) is 0 Å². The molecule has 1 saturated heterocycles. The Kier molecular flexibility index (Phi) is 7.82. The molecule has 6 heteroatoms. The lowest BCUT2D eigenvalue weighted by molar-refractivity contribution is -0.119. The molecule has 1 aliphatic heterocycles. The zero-order valence-electron chi connectivity index (χ0n) is 15.3. The highest BCUT2D eigenvalue weighted by Crippen LogP contribution is 2.21. The number of hydrogen-bond donors (Lipinski definition) is 2. The maximum atomic E-state index is 12.0. The first-order chi connectivity index (χ1) is 10.7. The molecule has 1 fully saturated rings. The zero-order chi connectivity index (χ0) is 17.5. The summed E-state index contributed by atoms with van der Waals surface area (Å²) in [6.45, 7) is 12.6. The summed E-state index contributed by atoms with van der Waals surface area (Å²) in [5.41, 5.74) is -0.479. The molecule has 1 aliphatic rings. The van der Waals surface area contributed by atoms with Crippen LogP contribution in [-0.4, -0.2) is 54.7 Å². The van der Waals surface area contributed by atoms with Crippen LogP contribution in [0.4, 0.5) is 4.79 Å². The Morgan fingerprint density at radius 1 is 1.26 bits per heavy atom. The number of hydrogen-bond acceptors (Lipinski definition) is 4. The van der Waals surface area contributed by atoms with Crippen LogP contribution in [-0.2, 0) is 9.53 Å². The van der Waals surface area contributed by atoms with Gasteiger partial charge >= 0.3 is 6.09 Å². The topological polar surface area (TPSA) is 70.7 Å². The van der Waals surface area contributed by atoms with E-state index in [4.69, 9.17) is 4.74 Å². The van der Waals surface area contributed by atoms with Crippen molar-refractivity contribution >= 4 is 12.0 Å². The van der Waals surface area contributed by atoms with Crippen molar-refractivity contribution in [2.45, 2.75) is 65.5 Å². The molecule has 0 radical (unpaired) electrons. The van der Waals surface area contributed by atoms with E-state index in [9.17, 15) is 9.59 Å². The van der Waals surface area contributed by atoms with E-state index in [1.165, 1.54) is 6.92 Å². The summed E-state index contributed by atoms with van der Waals surface area (Å²) in [7, 11) is 0. The van der Waals surface area contributed by atoms with Gasteiger partial charge < -0.3 is 15.4 Å². The molecule has 2 unspecified atom stereocenters. The van der Waals surface area contributed by atoms with Crippen LogP contribution in [0.2, 0.25) is 0 Å². The number of likely N-dealkylation sites (tertiary alicyclic amines) is 1. The van der Waals surface area contributed by atoms with Gasteiger partial charge in [-0.05, 0) is 39.5 Å². The standard InChI is InChI=1S/C17H33N3O3/c1-6-7-14-10-15(19-16(22)23-17(3,4)5)12-20(11-14)9-8-18-13(2)21/h14-15H,6-12H2,1-5H3,(H,18,21)(H,19,22). The Hall–Kier alpha value is -1.30. The van der Waals surface area contributed by atoms with Gasteiger partial charge in [-0.15, -0.1) is 0 Å². The fourth-order valence-corrected chi connectivity index (χ4v) is 3.07. The van der Waals surface area contributed by atoms with E-state index in [0.29, 0.717) is 12.5 Å². The second kappa shape index (κ2) is 9.11. The van der Waals surface area contributed by atoms with Crippen LogP contribution in [0.5, 0.6) is 0 Å². The molecular formula is C17H33N3O3. The van der Waals surface area contributed by atoms with Crippen LogP contribution >= 0.6 is 0 Å². The van der Waals surface area contributed by atoms with Gasteiger partial charge in [-0.1, -0.05) is 13.3 Å². The highest BCUT2D eigenvalue weighted by molar-refractivity contribution is 5.72. The summed E-state index contributed by atoms with van der Waals surface area (Å²) in [6, 6.07) is 0.104. The number of piperidine rings is 1. The number of nitrogens with zero attached hydrogens (tertiary/aromatic N) is 1. The van der Waals surface area contributed by atoms with E-state index in [2.05, 4.69) is 22.5 Å². The van der Waals surface area contributed by atoms with Crippen LogP contribution in [0.3, 0.4) is 0 Å². The molecule has 6 nitrogen and oxygen atoms in total. The van der Waals surface area contributed by atoms with Crippen LogP contribution < -0.4 is 10.6 Å². The van der Waals surface area contributed by atoms with Gasteiger partial charge in [0.05, 0.1) is 0 Å². The van der Waals surface area contributed by atoms with E-state index in [-0.39, 0.29) is 18.0 Å². The number of carbonyl (C=O) groups is 2. The van der Waals surface area contributed by atoms with E-state index < -0.39 is 5.60 Å². The van der Waals surface area contributed by atoms with Crippen molar-refractivity contribution in [2.75, 3.05) is 26.2 Å². The third-order valence-corrected chi connectivity index (χ3v) is 3.83. The largest absolute Gasteiger partial charge is 0.444 e. The molecule has 0 aliphatic carbocycles. The quantitative estimate of drug-likeness (QED) is 0.784. The molecule has 2 N–H and O–H groups in total. The molecule has 2 amide bonds. The van der Waals surface area contributed by atoms with Crippen LogP contribution in [0.1, 0.15) is 53.9 Å². The summed E-state index contributed by atoms with van der Waals surface area (Å²) in [5, 5.41) is 5.84. The monoisotopic (exact) mass is 327 g/mol. The molecule has 0 aromatic carbocycles. The third-order valence-electron chi connectivity index (χ3n) is 3.83. The average Bonchev–Trinajstić information content (AvgIpc) is 2.35. The number of amides is 2. The fourth-order valence-electron chi connectivity index (χ4n) is 3.07. The van der Waals surface area contributed by atoms with Crippen LogP contribution in [0, 0.1) is 5.92 Å². The summed E-state index contributed by atoms with van der Waals surface area (Å²) in [5.74, 6) is 0.571. The zero-order valence-corrected chi connectivity index (χ0v) is 15.3. The van der Waals surface area contributed by atoms with Crippen molar-refractivity contribution in [3.05, 3.63) is 0 Å². The lowest BCUT2D eigenvalue weighted by atomic mass is 9.90. The third kappa shape index (κ3) is 8.79. The minimum Gasteiger partial charge on any atom is -0.444 e. The van der Waals surface area contributed by atoms with Gasteiger partial charge in [-0.3, -0.25) is 9.69 Å². The lowest BCUT2D eigenvalue weighted by Crippen LogP contribution is -2.52. The van der Waals surface area contributed by atoms with E-state index in [1.807, 2.05) is 20.8 Å². The van der Waals surface area contributed by atoms with E-state index >= 15 is 0 Å². The molecule has 0 aromatic rings. The lowest BCUT2D eigenvalue weighted by Gasteiger charge is -2.38. The predicted octanol–water partition coefficient (Wildman–Crippen LogP) is 2.14. The Bertz CT molecular complexity index is 393. The second-order valence-electron chi connectivity index (χ2n) is 7.48.